The average Bonchev–Trinajstić information content (AvgIpc) is 2.86. The third kappa shape index (κ3) is 1.64. The van der Waals surface area contributed by atoms with Crippen molar-refractivity contribution in [1.82, 2.24) is 5.32 Å². The number of rotatable bonds is 1. The van der Waals surface area contributed by atoms with Crippen LogP contribution in [0.15, 0.2) is 12.1 Å². The molecule has 1 saturated heterocycles. The minimum absolute atomic E-state index is 0.0195. The molecule has 0 spiro atoms. The molecule has 1 heterocycles. The first kappa shape index (κ1) is 10.4. The van der Waals surface area contributed by atoms with Crippen molar-refractivity contribution in [3.8, 4) is 0 Å². The maximum absolute atomic E-state index is 13.9. The number of amides is 1. The van der Waals surface area contributed by atoms with Gasteiger partial charge in [-0.2, -0.15) is 0 Å². The summed E-state index contributed by atoms with van der Waals surface area (Å²) in [5, 5.41) is 2.70. The van der Waals surface area contributed by atoms with Crippen molar-refractivity contribution in [2.75, 3.05) is 6.54 Å². The van der Waals surface area contributed by atoms with Crippen molar-refractivity contribution in [3.05, 3.63) is 34.6 Å². The van der Waals surface area contributed by atoms with Crippen molar-refractivity contribution in [2.24, 2.45) is 0 Å². The quantitative estimate of drug-likeness (QED) is 0.800. The van der Waals surface area contributed by atoms with E-state index in [1.54, 1.807) is 6.07 Å². The van der Waals surface area contributed by atoms with Crippen molar-refractivity contribution < 1.29 is 14.0 Å². The maximum Gasteiger partial charge on any atom is 0.220 e. The van der Waals surface area contributed by atoms with Crippen LogP contribution in [0.3, 0.4) is 0 Å². The van der Waals surface area contributed by atoms with E-state index in [1.807, 2.05) is 0 Å². The second-order valence-corrected chi connectivity index (χ2v) is 4.66. The van der Waals surface area contributed by atoms with Gasteiger partial charge in [-0.3, -0.25) is 9.59 Å². The number of nitrogens with one attached hydrogen (secondary N) is 1. The number of aryl methyl sites for hydroxylation is 1. The highest BCUT2D eigenvalue weighted by Crippen LogP contribution is 2.31. The third-order valence-corrected chi connectivity index (χ3v) is 3.56. The topological polar surface area (TPSA) is 46.2 Å². The normalized spacial score (nSPS) is 22.8. The first-order valence-corrected chi connectivity index (χ1v) is 5.77. The second-order valence-electron chi connectivity index (χ2n) is 4.66. The van der Waals surface area contributed by atoms with E-state index < -0.39 is 0 Å². The Kier molecular flexibility index (Phi) is 2.24. The number of carbonyl (C=O) groups is 2. The highest BCUT2D eigenvalue weighted by molar-refractivity contribution is 6.00. The lowest BCUT2D eigenvalue weighted by Crippen LogP contribution is -2.13. The number of benzene rings is 1. The van der Waals surface area contributed by atoms with Crippen LogP contribution in [0.5, 0.6) is 0 Å². The molecular formula is C13H12FNO2. The van der Waals surface area contributed by atoms with E-state index in [9.17, 15) is 14.0 Å². The van der Waals surface area contributed by atoms with E-state index in [4.69, 9.17) is 0 Å². The Morgan fingerprint density at radius 1 is 1.24 bits per heavy atom. The van der Waals surface area contributed by atoms with Crippen molar-refractivity contribution >= 4 is 11.7 Å². The summed E-state index contributed by atoms with van der Waals surface area (Å²) >= 11 is 0. The van der Waals surface area contributed by atoms with Crippen LogP contribution in [-0.2, 0) is 11.2 Å². The molecule has 17 heavy (non-hydrogen) atoms. The van der Waals surface area contributed by atoms with Crippen LogP contribution in [0.2, 0.25) is 0 Å². The standard InChI is InChI=1S/C13H12FNO2/c14-11-5-10-7(1-2-12(10)16)3-9(11)8-4-13(17)15-6-8/h3,5,8H,1-2,4,6H2,(H,15,17). The molecule has 1 unspecified atom stereocenters. The number of hydrogen-bond acceptors (Lipinski definition) is 2. The van der Waals surface area contributed by atoms with Gasteiger partial charge in [0.05, 0.1) is 0 Å². The number of fused-ring (bicyclic) bond motifs is 1. The molecule has 0 aromatic heterocycles. The minimum Gasteiger partial charge on any atom is -0.355 e. The summed E-state index contributed by atoms with van der Waals surface area (Å²) in [7, 11) is 0. The molecule has 3 rings (SSSR count). The Balaban J connectivity index is 2.01. The molecule has 1 fully saturated rings. The lowest BCUT2D eigenvalue weighted by atomic mass is 9.94. The van der Waals surface area contributed by atoms with Gasteiger partial charge in [0, 0.05) is 30.9 Å². The average molecular weight is 233 g/mol. The van der Waals surface area contributed by atoms with Crippen LogP contribution in [0.25, 0.3) is 0 Å². The summed E-state index contributed by atoms with van der Waals surface area (Å²) in [6, 6.07) is 3.10. The number of hydrogen-bond donors (Lipinski definition) is 1. The molecule has 1 aliphatic carbocycles. The molecule has 1 amide bonds. The molecule has 3 nitrogen and oxygen atoms in total. The first-order valence-electron chi connectivity index (χ1n) is 5.77. The molecule has 0 bridgehead atoms. The molecule has 1 aliphatic heterocycles. The summed E-state index contributed by atoms with van der Waals surface area (Å²) in [6.45, 7) is 0.489. The Morgan fingerprint density at radius 3 is 2.76 bits per heavy atom. The molecule has 1 N–H and O–H groups in total. The van der Waals surface area contributed by atoms with E-state index in [0.29, 0.717) is 36.9 Å². The summed E-state index contributed by atoms with van der Waals surface area (Å²) in [6.07, 6.45) is 1.50. The van der Waals surface area contributed by atoms with E-state index in [2.05, 4.69) is 5.32 Å². The third-order valence-electron chi connectivity index (χ3n) is 3.56. The van der Waals surface area contributed by atoms with Gasteiger partial charge < -0.3 is 5.32 Å². The van der Waals surface area contributed by atoms with Crippen molar-refractivity contribution in [3.63, 3.8) is 0 Å². The smallest absolute Gasteiger partial charge is 0.220 e. The van der Waals surface area contributed by atoms with Crippen LogP contribution in [0.4, 0.5) is 4.39 Å². The number of Topliss-reactive ketones (excluding diaryl/α,β-unsaturated/α-hetero) is 1. The van der Waals surface area contributed by atoms with Gasteiger partial charge in [-0.15, -0.1) is 0 Å². The van der Waals surface area contributed by atoms with E-state index in [1.165, 1.54) is 6.07 Å². The molecule has 4 heteroatoms. The molecule has 0 saturated carbocycles. The first-order chi connectivity index (χ1) is 8.15. The van der Waals surface area contributed by atoms with Gasteiger partial charge in [0.15, 0.2) is 5.78 Å². The summed E-state index contributed by atoms with van der Waals surface area (Å²) in [5.74, 6) is -0.471. The van der Waals surface area contributed by atoms with Gasteiger partial charge in [-0.25, -0.2) is 4.39 Å². The van der Waals surface area contributed by atoms with Crippen molar-refractivity contribution in [1.29, 1.82) is 0 Å². The fourth-order valence-corrected chi connectivity index (χ4v) is 2.62. The van der Waals surface area contributed by atoms with Gasteiger partial charge in [-0.1, -0.05) is 6.07 Å². The van der Waals surface area contributed by atoms with Crippen molar-refractivity contribution in [2.45, 2.75) is 25.2 Å². The second kappa shape index (κ2) is 3.65. The number of ketones is 1. The van der Waals surface area contributed by atoms with Crippen LogP contribution in [-0.4, -0.2) is 18.2 Å². The zero-order valence-electron chi connectivity index (χ0n) is 9.25. The van der Waals surface area contributed by atoms with Gasteiger partial charge in [-0.05, 0) is 23.6 Å². The summed E-state index contributed by atoms with van der Waals surface area (Å²) in [5.41, 5.74) is 2.01. The van der Waals surface area contributed by atoms with Gasteiger partial charge >= 0.3 is 0 Å². The monoisotopic (exact) mass is 233 g/mol. The largest absolute Gasteiger partial charge is 0.355 e. The van der Waals surface area contributed by atoms with Crippen LogP contribution in [0.1, 0.15) is 40.2 Å². The van der Waals surface area contributed by atoms with E-state index in [-0.39, 0.29) is 23.4 Å². The minimum atomic E-state index is -0.361. The zero-order valence-corrected chi connectivity index (χ0v) is 9.25. The molecule has 0 radical (unpaired) electrons. The Morgan fingerprint density at radius 2 is 2.06 bits per heavy atom. The van der Waals surface area contributed by atoms with Gasteiger partial charge in [0.25, 0.3) is 0 Å². The fraction of sp³-hybridized carbons (Fsp3) is 0.385. The highest BCUT2D eigenvalue weighted by atomic mass is 19.1. The molecule has 1 atom stereocenters. The van der Waals surface area contributed by atoms with E-state index in [0.717, 1.165) is 5.56 Å². The summed E-state index contributed by atoms with van der Waals surface area (Å²) in [4.78, 5) is 22.6. The van der Waals surface area contributed by atoms with Gasteiger partial charge in [0.2, 0.25) is 5.91 Å². The van der Waals surface area contributed by atoms with Gasteiger partial charge in [0.1, 0.15) is 5.82 Å². The predicted octanol–water partition coefficient (Wildman–Crippen LogP) is 1.56. The Bertz CT molecular complexity index is 524. The zero-order chi connectivity index (χ0) is 12.0. The number of halogens is 1. The molecule has 1 aromatic carbocycles. The van der Waals surface area contributed by atoms with Crippen LogP contribution in [0, 0.1) is 5.82 Å². The lowest BCUT2D eigenvalue weighted by Gasteiger charge is -2.11. The highest BCUT2D eigenvalue weighted by Gasteiger charge is 2.28. The van der Waals surface area contributed by atoms with E-state index >= 15 is 0 Å². The fourth-order valence-electron chi connectivity index (χ4n) is 2.62. The summed E-state index contributed by atoms with van der Waals surface area (Å²) < 4.78 is 13.9. The molecule has 1 aromatic rings. The lowest BCUT2D eigenvalue weighted by molar-refractivity contribution is -0.119. The SMILES string of the molecule is O=C1CC(c2cc3c(cc2F)C(=O)CC3)CN1. The molecule has 2 aliphatic rings. The predicted molar refractivity (Wildman–Crippen MR) is 59.4 cm³/mol. The maximum atomic E-state index is 13.9. The molecule has 88 valence electrons. The van der Waals surface area contributed by atoms with Crippen LogP contribution >= 0.6 is 0 Å². The number of carbonyl (C=O) groups excluding carboxylic acids is 2. The Labute approximate surface area is 98.0 Å². The van der Waals surface area contributed by atoms with Crippen LogP contribution < -0.4 is 5.32 Å². The Hall–Kier alpha value is -1.71. The molecular weight excluding hydrogens is 221 g/mol.